The molecule has 0 aliphatic rings. The number of allylic oxidation sites excluding steroid dienone is 6. The van der Waals surface area contributed by atoms with Gasteiger partial charge in [0, 0.05) is 0 Å². The van der Waals surface area contributed by atoms with Gasteiger partial charge in [-0.25, -0.2) is 25.3 Å². The summed E-state index contributed by atoms with van der Waals surface area (Å²) in [6, 6.07) is 25.6. The Morgan fingerprint density at radius 2 is 0.568 bits per heavy atom. The monoisotopic (exact) mass is 1330 g/mol. The van der Waals surface area contributed by atoms with Crippen molar-refractivity contribution in [1.29, 1.82) is 0 Å². The van der Waals surface area contributed by atoms with E-state index in [9.17, 15) is 52.6 Å². The second-order valence-corrected chi connectivity index (χ2v) is 30.9. The summed E-state index contributed by atoms with van der Waals surface area (Å²) in [6.07, 6.45) is 18.8. The maximum absolute atomic E-state index is 11.1. The van der Waals surface area contributed by atoms with Crippen LogP contribution in [0.25, 0.3) is 0 Å². The van der Waals surface area contributed by atoms with Crippen molar-refractivity contribution in [1.82, 2.24) is 0 Å². The first-order chi connectivity index (χ1) is 36.1. The fourth-order valence-corrected chi connectivity index (χ4v) is 15.1. The Balaban J connectivity index is -0.00000111. The van der Waals surface area contributed by atoms with Crippen molar-refractivity contribution in [3.05, 3.63) is 141 Å². The van der Waals surface area contributed by atoms with Gasteiger partial charge in [-0.2, -0.15) is 0 Å². The van der Waals surface area contributed by atoms with Crippen LogP contribution in [0.15, 0.2) is 108 Å². The van der Waals surface area contributed by atoms with Crippen molar-refractivity contribution in [3.63, 3.8) is 0 Å². The number of aryl methyl sites for hydroxylation is 6. The molecule has 0 fully saturated rings. The van der Waals surface area contributed by atoms with E-state index in [1.165, 1.54) is 33.4 Å². The minimum Gasteiger partial charge on any atom is -0.747 e. The van der Waals surface area contributed by atoms with Crippen molar-refractivity contribution in [2.45, 2.75) is 191 Å². The molecular weight excluding hydrogens is 1240 g/mol. The molecule has 0 amide bonds. The summed E-state index contributed by atoms with van der Waals surface area (Å²) >= 11 is 0. The standard InChI is InChI=1S/3C18H29O6PS.3K/c3*1-3-6-16-11-13-17(14-12-16)10-9-15(2)7-4-5-8-18(25(19,20)21)26(22,23)24;;;/h3*7,11-14,18H,3-6,8-10H2,1-2H3,(H2,19,20,21)(H,22,23,24);;;/q;;;3*+1/p-3/b3*15-7+;;;. The molecule has 0 aromatic heterocycles. The fourth-order valence-electron chi connectivity index (χ4n) is 8.18. The number of hydrogen-bond donors (Lipinski definition) is 6. The number of hydrogen-bond acceptors (Lipinski definition) is 12. The Bertz CT molecular complexity index is 2530. The summed E-state index contributed by atoms with van der Waals surface area (Å²) in [4.78, 5) is 47.6. The van der Waals surface area contributed by atoms with E-state index in [1.807, 2.05) is 39.0 Å². The van der Waals surface area contributed by atoms with Crippen molar-refractivity contribution in [2.24, 2.45) is 0 Å². The minimum absolute atomic E-state index is 0. The maximum atomic E-state index is 11.1. The molecule has 0 saturated carbocycles. The molecule has 444 valence electrons. The molecule has 3 atom stereocenters. The van der Waals surface area contributed by atoms with Crippen LogP contribution >= 0.6 is 22.8 Å². The molecule has 27 heteroatoms. The summed E-state index contributed by atoms with van der Waals surface area (Å²) in [7, 11) is -29.9. The summed E-state index contributed by atoms with van der Waals surface area (Å²) < 4.78 is 132. The number of benzene rings is 3. The van der Waals surface area contributed by atoms with E-state index in [1.54, 1.807) is 0 Å². The van der Waals surface area contributed by atoms with E-state index in [4.69, 9.17) is 29.4 Å². The van der Waals surface area contributed by atoms with Crippen LogP contribution in [-0.4, -0.2) is 83.2 Å². The Labute approximate surface area is 611 Å². The zero-order valence-corrected chi connectivity index (χ0v) is 63.4. The fraction of sp³-hybridized carbons (Fsp3) is 0.556. The van der Waals surface area contributed by atoms with E-state index < -0.39 is 68.1 Å². The van der Waals surface area contributed by atoms with E-state index in [2.05, 4.69) is 93.6 Å². The summed E-state index contributed by atoms with van der Waals surface area (Å²) in [5, 5.41) is 0. The smallest absolute Gasteiger partial charge is 0.747 e. The van der Waals surface area contributed by atoms with Gasteiger partial charge in [0.25, 0.3) is 0 Å². The SMILES string of the molecule is CCCc1ccc(CC/C(C)=C/CCCC(P(=O)(O)O)S(=O)(=O)[O-])cc1.CCCc1ccc(CC/C(C)=C/CCCC(P(=O)(O)O)S(=O)(=O)[O-])cc1.CCCc1ccc(CC/C(C)=C/CCCC(P(=O)(O)O)S(=O)(=O)[O-])cc1.[K+].[K+].[K+]. The topological polar surface area (TPSA) is 344 Å². The third-order valence-corrected chi connectivity index (χ3v) is 23.2. The van der Waals surface area contributed by atoms with E-state index in [0.717, 1.165) is 93.8 Å². The van der Waals surface area contributed by atoms with E-state index in [-0.39, 0.29) is 193 Å². The molecule has 0 saturated heterocycles. The van der Waals surface area contributed by atoms with Gasteiger partial charge in [-0.1, -0.05) is 148 Å². The molecular formula is C54H84K3O18P3S3. The first kappa shape index (κ1) is 87.2. The van der Waals surface area contributed by atoms with Crippen LogP contribution < -0.4 is 154 Å². The zero-order valence-electron chi connectivity index (χ0n) is 48.9. The first-order valence-corrected chi connectivity index (χ1v) is 35.8. The molecule has 3 unspecified atom stereocenters. The molecule has 0 bridgehead atoms. The second kappa shape index (κ2) is 44.4. The van der Waals surface area contributed by atoms with Gasteiger partial charge >= 0.3 is 177 Å². The van der Waals surface area contributed by atoms with Gasteiger partial charge in [0.05, 0.1) is 0 Å². The van der Waals surface area contributed by atoms with E-state index >= 15 is 0 Å². The molecule has 6 N–H and O–H groups in total. The average Bonchev–Trinajstić information content (AvgIpc) is 3.31. The Kier molecular flexibility index (Phi) is 47.8. The summed E-state index contributed by atoms with van der Waals surface area (Å²) in [5.41, 5.74) is 11.1. The van der Waals surface area contributed by atoms with E-state index in [0.29, 0.717) is 19.3 Å². The summed E-state index contributed by atoms with van der Waals surface area (Å²) in [6.45, 7) is 12.4. The van der Waals surface area contributed by atoms with Crippen LogP contribution in [0.3, 0.4) is 0 Å². The minimum atomic E-state index is -5.01. The van der Waals surface area contributed by atoms with Crippen molar-refractivity contribution < 1.29 is 236 Å². The molecule has 3 rings (SSSR count). The van der Waals surface area contributed by atoms with Crippen LogP contribution in [-0.2, 0) is 82.6 Å². The summed E-state index contributed by atoms with van der Waals surface area (Å²) in [5.74, 6) is 0. The van der Waals surface area contributed by atoms with Crippen molar-refractivity contribution >= 4 is 53.1 Å². The van der Waals surface area contributed by atoms with Gasteiger partial charge in [0.2, 0.25) is 0 Å². The zero-order chi connectivity index (χ0) is 59.4. The molecule has 3 aromatic rings. The molecule has 3 aromatic carbocycles. The second-order valence-electron chi connectivity index (χ2n) is 19.8. The van der Waals surface area contributed by atoms with Gasteiger partial charge in [-0.15, -0.1) is 0 Å². The molecule has 0 aliphatic carbocycles. The molecule has 0 heterocycles. The Hall–Kier alpha value is 1.97. The predicted octanol–water partition coefficient (Wildman–Crippen LogP) is 2.22. The van der Waals surface area contributed by atoms with Crippen molar-refractivity contribution in [3.8, 4) is 0 Å². The van der Waals surface area contributed by atoms with Gasteiger partial charge in [0.1, 0.15) is 30.4 Å². The van der Waals surface area contributed by atoms with Gasteiger partial charge in [-0.05, 0) is 170 Å². The molecule has 0 radical (unpaired) electrons. The van der Waals surface area contributed by atoms with Crippen LogP contribution in [0.1, 0.15) is 171 Å². The molecule has 0 aliphatic heterocycles. The van der Waals surface area contributed by atoms with Gasteiger partial charge in [0.15, 0.2) is 15.0 Å². The normalized spacial score (nSPS) is 13.9. The third kappa shape index (κ3) is 41.1. The van der Waals surface area contributed by atoms with Crippen LogP contribution in [0.4, 0.5) is 0 Å². The van der Waals surface area contributed by atoms with Crippen molar-refractivity contribution in [2.75, 3.05) is 0 Å². The first-order valence-electron chi connectivity index (χ1n) is 26.3. The predicted molar refractivity (Wildman–Crippen MR) is 306 cm³/mol. The number of unbranched alkanes of at least 4 members (excludes halogenated alkanes) is 3. The van der Waals surface area contributed by atoms with Crippen LogP contribution in [0.5, 0.6) is 0 Å². The largest absolute Gasteiger partial charge is 1.00 e. The van der Waals surface area contributed by atoms with Gasteiger partial charge in [-0.3, -0.25) is 13.7 Å². The number of rotatable bonds is 33. The van der Waals surface area contributed by atoms with Gasteiger partial charge < -0.3 is 43.0 Å². The van der Waals surface area contributed by atoms with Crippen LogP contribution in [0, 0.1) is 0 Å². The molecule has 18 nitrogen and oxygen atoms in total. The Morgan fingerprint density at radius 3 is 0.716 bits per heavy atom. The maximum Gasteiger partial charge on any atom is 1.00 e. The van der Waals surface area contributed by atoms with Crippen LogP contribution in [0.2, 0.25) is 0 Å². The molecule has 81 heavy (non-hydrogen) atoms. The molecule has 0 spiro atoms. The average molecular weight is 1330 g/mol. The third-order valence-electron chi connectivity index (χ3n) is 12.7. The Morgan fingerprint density at radius 1 is 0.395 bits per heavy atom. The quantitative estimate of drug-likeness (QED) is 0.0167.